The summed E-state index contributed by atoms with van der Waals surface area (Å²) < 4.78 is 0. The Hall–Kier alpha value is -5.10. The molecule has 0 amide bonds. The highest BCUT2D eigenvalue weighted by atomic mass is 16.3. The molecule has 0 aliphatic heterocycles. The predicted molar refractivity (Wildman–Crippen MR) is 164 cm³/mol. The van der Waals surface area contributed by atoms with Crippen LogP contribution in [0, 0.1) is 27.7 Å². The second-order valence-corrected chi connectivity index (χ2v) is 10.1. The van der Waals surface area contributed by atoms with E-state index in [0.29, 0.717) is 11.4 Å². The molecule has 0 aliphatic carbocycles. The summed E-state index contributed by atoms with van der Waals surface area (Å²) in [7, 11) is 0. The van der Waals surface area contributed by atoms with Crippen LogP contribution in [-0.2, 0) is 0 Å². The molecule has 0 atom stereocenters. The fraction of sp³-hybridized carbons (Fsp3) is 0.143. The third-order valence-corrected chi connectivity index (χ3v) is 7.60. The molecule has 5 aromatic rings. The standard InChI is InChI=1S/C35H32N4O2/c1-22-24(3)33(38-36-27-10-14-29(40)15-11-27)20-18-31(22)35(26-8-6-5-7-9-26)32-19-21-34(25(4)23(32)2)39-37-28-12-16-30(41)17-13-28/h5-21,35,40-41H,1-4H3. The van der Waals surface area contributed by atoms with Gasteiger partial charge < -0.3 is 10.2 Å². The molecule has 0 aliphatic rings. The van der Waals surface area contributed by atoms with E-state index in [0.717, 1.165) is 33.6 Å². The maximum atomic E-state index is 9.54. The second kappa shape index (κ2) is 12.0. The number of hydrogen-bond donors (Lipinski definition) is 2. The lowest BCUT2D eigenvalue weighted by Gasteiger charge is -2.25. The summed E-state index contributed by atoms with van der Waals surface area (Å²) in [4.78, 5) is 0. The normalized spacial score (nSPS) is 12.3. The Morgan fingerprint density at radius 3 is 1.27 bits per heavy atom. The third kappa shape index (κ3) is 6.07. The maximum Gasteiger partial charge on any atom is 0.115 e. The number of phenolic OH excluding ortho intramolecular Hbond substituents is 2. The van der Waals surface area contributed by atoms with Crippen molar-refractivity contribution in [2.24, 2.45) is 20.5 Å². The van der Waals surface area contributed by atoms with Gasteiger partial charge >= 0.3 is 0 Å². The number of aromatic hydroxyl groups is 2. The molecule has 0 bridgehead atoms. The van der Waals surface area contributed by atoms with Crippen molar-refractivity contribution >= 4 is 22.7 Å². The zero-order valence-corrected chi connectivity index (χ0v) is 23.6. The van der Waals surface area contributed by atoms with Crippen LogP contribution >= 0.6 is 0 Å². The quantitative estimate of drug-likeness (QED) is 0.159. The second-order valence-electron chi connectivity index (χ2n) is 10.1. The van der Waals surface area contributed by atoms with Crippen LogP contribution < -0.4 is 0 Å². The largest absolute Gasteiger partial charge is 0.508 e. The highest BCUT2D eigenvalue weighted by molar-refractivity contribution is 5.61. The van der Waals surface area contributed by atoms with Gasteiger partial charge in [0.15, 0.2) is 0 Å². The lowest BCUT2D eigenvalue weighted by Crippen LogP contribution is -2.09. The van der Waals surface area contributed by atoms with Crippen LogP contribution in [0.4, 0.5) is 22.7 Å². The summed E-state index contributed by atoms with van der Waals surface area (Å²) in [5.41, 5.74) is 11.1. The number of hydrogen-bond acceptors (Lipinski definition) is 6. The number of nitrogens with zero attached hydrogens (tertiary/aromatic N) is 4. The van der Waals surface area contributed by atoms with Gasteiger partial charge in [0, 0.05) is 5.92 Å². The number of benzene rings is 5. The Balaban J connectivity index is 1.54. The first-order valence-electron chi connectivity index (χ1n) is 13.5. The third-order valence-electron chi connectivity index (χ3n) is 7.60. The van der Waals surface area contributed by atoms with Crippen LogP contribution in [-0.4, -0.2) is 10.2 Å². The Morgan fingerprint density at radius 2 is 0.854 bits per heavy atom. The zero-order chi connectivity index (χ0) is 28.9. The maximum absolute atomic E-state index is 9.54. The van der Waals surface area contributed by atoms with Gasteiger partial charge in [-0.3, -0.25) is 0 Å². The fourth-order valence-electron chi connectivity index (χ4n) is 4.93. The van der Waals surface area contributed by atoms with Gasteiger partial charge in [0.05, 0.1) is 22.7 Å². The van der Waals surface area contributed by atoms with Crippen molar-refractivity contribution in [2.75, 3.05) is 0 Å². The minimum Gasteiger partial charge on any atom is -0.508 e. The van der Waals surface area contributed by atoms with E-state index in [2.05, 4.69) is 84.6 Å². The molecule has 0 saturated heterocycles. The monoisotopic (exact) mass is 540 g/mol. The molecule has 2 N–H and O–H groups in total. The van der Waals surface area contributed by atoms with E-state index in [-0.39, 0.29) is 17.4 Å². The lowest BCUT2D eigenvalue weighted by molar-refractivity contribution is 0.475. The van der Waals surface area contributed by atoms with Crippen LogP contribution in [0.5, 0.6) is 11.5 Å². The molecule has 6 heteroatoms. The van der Waals surface area contributed by atoms with E-state index in [4.69, 9.17) is 0 Å². The first-order chi connectivity index (χ1) is 19.8. The molecule has 204 valence electrons. The van der Waals surface area contributed by atoms with Gasteiger partial charge in [0.1, 0.15) is 11.5 Å². The van der Waals surface area contributed by atoms with Crippen molar-refractivity contribution in [3.63, 3.8) is 0 Å². The summed E-state index contributed by atoms with van der Waals surface area (Å²) in [5.74, 6) is 0.414. The first kappa shape index (κ1) is 27.5. The Kier molecular flexibility index (Phi) is 8.01. The molecule has 6 nitrogen and oxygen atoms in total. The van der Waals surface area contributed by atoms with Crippen molar-refractivity contribution < 1.29 is 10.2 Å². The van der Waals surface area contributed by atoms with E-state index in [9.17, 15) is 10.2 Å². The van der Waals surface area contributed by atoms with Crippen molar-refractivity contribution in [1.82, 2.24) is 0 Å². The molecule has 0 radical (unpaired) electrons. The van der Waals surface area contributed by atoms with Gasteiger partial charge in [-0.1, -0.05) is 42.5 Å². The molecule has 41 heavy (non-hydrogen) atoms. The van der Waals surface area contributed by atoms with Crippen LogP contribution in [0.2, 0.25) is 0 Å². The molecular formula is C35H32N4O2. The summed E-state index contributed by atoms with van der Waals surface area (Å²) in [6, 6.07) is 32.2. The Labute approximate surface area is 240 Å². The minimum absolute atomic E-state index is 0.0137. The molecular weight excluding hydrogens is 508 g/mol. The van der Waals surface area contributed by atoms with E-state index in [1.54, 1.807) is 48.5 Å². The van der Waals surface area contributed by atoms with Crippen molar-refractivity contribution in [3.05, 3.63) is 142 Å². The molecule has 5 aromatic carbocycles. The molecule has 0 saturated carbocycles. The summed E-state index contributed by atoms with van der Waals surface area (Å²) >= 11 is 0. The van der Waals surface area contributed by atoms with Gasteiger partial charge in [-0.05, 0) is 127 Å². The fourth-order valence-corrected chi connectivity index (χ4v) is 4.93. The number of azo groups is 2. The molecule has 0 fully saturated rings. The van der Waals surface area contributed by atoms with Crippen molar-refractivity contribution in [3.8, 4) is 11.5 Å². The average Bonchev–Trinajstić information content (AvgIpc) is 2.99. The Morgan fingerprint density at radius 1 is 0.439 bits per heavy atom. The van der Waals surface area contributed by atoms with E-state index in [1.165, 1.54) is 16.7 Å². The molecule has 0 heterocycles. The molecule has 0 spiro atoms. The van der Waals surface area contributed by atoms with Gasteiger partial charge in [0.25, 0.3) is 0 Å². The highest BCUT2D eigenvalue weighted by Crippen LogP contribution is 2.41. The van der Waals surface area contributed by atoms with Crippen molar-refractivity contribution in [1.29, 1.82) is 0 Å². The van der Waals surface area contributed by atoms with Crippen molar-refractivity contribution in [2.45, 2.75) is 33.6 Å². The summed E-state index contributed by atoms with van der Waals surface area (Å²) in [6.45, 7) is 8.44. The van der Waals surface area contributed by atoms with Crippen LogP contribution in [0.15, 0.2) is 124 Å². The topological polar surface area (TPSA) is 89.9 Å². The summed E-state index contributed by atoms with van der Waals surface area (Å²) in [6.07, 6.45) is 0. The number of phenols is 2. The van der Waals surface area contributed by atoms with Crippen LogP contribution in [0.1, 0.15) is 44.9 Å². The van der Waals surface area contributed by atoms with Gasteiger partial charge in [-0.2, -0.15) is 20.5 Å². The first-order valence-corrected chi connectivity index (χ1v) is 13.5. The predicted octanol–water partition coefficient (Wildman–Crippen LogP) is 10.3. The smallest absolute Gasteiger partial charge is 0.115 e. The van der Waals surface area contributed by atoms with Gasteiger partial charge in [-0.15, -0.1) is 0 Å². The van der Waals surface area contributed by atoms with E-state index < -0.39 is 0 Å². The SMILES string of the molecule is Cc1c(N=Nc2ccc(O)cc2)ccc(C(c2ccccc2)c2ccc(N=Nc3ccc(O)cc3)c(C)c2C)c1C. The van der Waals surface area contributed by atoms with Crippen LogP contribution in [0.25, 0.3) is 0 Å². The summed E-state index contributed by atoms with van der Waals surface area (Å²) in [5, 5.41) is 36.8. The molecule has 5 rings (SSSR count). The highest BCUT2D eigenvalue weighted by Gasteiger charge is 2.23. The van der Waals surface area contributed by atoms with E-state index >= 15 is 0 Å². The molecule has 0 aromatic heterocycles. The Bertz CT molecular complexity index is 1620. The lowest BCUT2D eigenvalue weighted by atomic mass is 9.79. The molecule has 0 unspecified atom stereocenters. The zero-order valence-electron chi connectivity index (χ0n) is 23.6. The number of rotatable bonds is 7. The van der Waals surface area contributed by atoms with Gasteiger partial charge in [0.2, 0.25) is 0 Å². The van der Waals surface area contributed by atoms with Gasteiger partial charge in [-0.25, -0.2) is 0 Å². The average molecular weight is 541 g/mol. The van der Waals surface area contributed by atoms with Crippen LogP contribution in [0.3, 0.4) is 0 Å². The van der Waals surface area contributed by atoms with E-state index in [1.807, 2.05) is 18.2 Å². The minimum atomic E-state index is 0.0137.